The number of halogens is 5. The molecule has 0 unspecified atom stereocenters. The molecule has 20 heavy (non-hydrogen) atoms. The van der Waals surface area contributed by atoms with Gasteiger partial charge in [0.25, 0.3) is 12.3 Å². The van der Waals surface area contributed by atoms with Crippen molar-refractivity contribution in [2.24, 2.45) is 5.73 Å². The Morgan fingerprint density at radius 1 is 1.45 bits per heavy atom. The molecule has 0 radical (unpaired) electrons. The van der Waals surface area contributed by atoms with Crippen molar-refractivity contribution < 1.29 is 36.4 Å². The highest BCUT2D eigenvalue weighted by atomic mass is 19.4. The SMILES string of the molecule is NC(=O)c1c(C(F)F)ncc(OC(F)(F)F)c1[N+](=O)[O-]. The highest BCUT2D eigenvalue weighted by molar-refractivity contribution is 5.99. The molecule has 0 saturated heterocycles. The predicted molar refractivity (Wildman–Crippen MR) is 51.0 cm³/mol. The molecule has 0 saturated carbocycles. The van der Waals surface area contributed by atoms with Crippen LogP contribution in [-0.2, 0) is 0 Å². The molecule has 7 nitrogen and oxygen atoms in total. The summed E-state index contributed by atoms with van der Waals surface area (Å²) in [6.07, 6.45) is -8.72. The number of ether oxygens (including phenoxy) is 1. The Balaban J connectivity index is 3.61. The Bertz CT molecular complexity index is 560. The summed E-state index contributed by atoms with van der Waals surface area (Å²) in [5.74, 6) is -3.24. The van der Waals surface area contributed by atoms with Gasteiger partial charge in [0, 0.05) is 0 Å². The van der Waals surface area contributed by atoms with E-state index in [1.165, 1.54) is 0 Å². The van der Waals surface area contributed by atoms with Gasteiger partial charge in [-0.15, -0.1) is 13.2 Å². The van der Waals surface area contributed by atoms with Gasteiger partial charge in [0.15, 0.2) is 0 Å². The Morgan fingerprint density at radius 3 is 2.35 bits per heavy atom. The van der Waals surface area contributed by atoms with E-state index in [4.69, 9.17) is 0 Å². The Hall–Kier alpha value is -2.53. The summed E-state index contributed by atoms with van der Waals surface area (Å²) in [6, 6.07) is 0. The average Bonchev–Trinajstić information content (AvgIpc) is 2.24. The van der Waals surface area contributed by atoms with Crippen molar-refractivity contribution >= 4 is 11.6 Å². The van der Waals surface area contributed by atoms with Gasteiger partial charge in [-0.3, -0.25) is 19.9 Å². The third-order valence-electron chi connectivity index (χ3n) is 1.91. The molecule has 110 valence electrons. The zero-order valence-electron chi connectivity index (χ0n) is 9.15. The summed E-state index contributed by atoms with van der Waals surface area (Å²) in [5, 5.41) is 10.7. The molecule has 1 aromatic rings. The normalized spacial score (nSPS) is 11.5. The number of nitro groups is 1. The number of hydrogen-bond acceptors (Lipinski definition) is 5. The van der Waals surface area contributed by atoms with E-state index in [-0.39, 0.29) is 6.20 Å². The largest absolute Gasteiger partial charge is 0.573 e. The fourth-order valence-corrected chi connectivity index (χ4v) is 1.29. The van der Waals surface area contributed by atoms with Crippen LogP contribution in [0.25, 0.3) is 0 Å². The molecule has 1 rings (SSSR count). The number of rotatable bonds is 4. The molecule has 1 heterocycles. The number of alkyl halides is 5. The van der Waals surface area contributed by atoms with Crippen molar-refractivity contribution in [1.82, 2.24) is 4.98 Å². The predicted octanol–water partition coefficient (Wildman–Crippen LogP) is 1.92. The van der Waals surface area contributed by atoms with Gasteiger partial charge in [0.1, 0.15) is 11.3 Å². The van der Waals surface area contributed by atoms with Crippen molar-refractivity contribution in [3.8, 4) is 5.75 Å². The van der Waals surface area contributed by atoms with E-state index >= 15 is 0 Å². The zero-order valence-corrected chi connectivity index (χ0v) is 9.15. The highest BCUT2D eigenvalue weighted by Gasteiger charge is 2.39. The summed E-state index contributed by atoms with van der Waals surface area (Å²) >= 11 is 0. The number of nitrogens with two attached hydrogens (primary N) is 1. The van der Waals surface area contributed by atoms with E-state index in [9.17, 15) is 36.9 Å². The molecule has 0 atom stereocenters. The van der Waals surface area contributed by atoms with E-state index < -0.39 is 46.3 Å². The van der Waals surface area contributed by atoms with Gasteiger partial charge in [-0.05, 0) is 0 Å². The lowest BCUT2D eigenvalue weighted by atomic mass is 10.1. The van der Waals surface area contributed by atoms with Gasteiger partial charge in [0.05, 0.1) is 11.1 Å². The van der Waals surface area contributed by atoms with Crippen LogP contribution >= 0.6 is 0 Å². The molecule has 0 bridgehead atoms. The first-order valence-corrected chi connectivity index (χ1v) is 4.55. The second-order valence-corrected chi connectivity index (χ2v) is 3.20. The summed E-state index contributed by atoms with van der Waals surface area (Å²) in [7, 11) is 0. The molecule has 0 aliphatic rings. The van der Waals surface area contributed by atoms with Crippen molar-refractivity contribution in [3.05, 3.63) is 27.6 Å². The Kier molecular flexibility index (Phi) is 4.06. The maximum atomic E-state index is 12.5. The first kappa shape index (κ1) is 15.5. The minimum Gasteiger partial charge on any atom is -0.397 e. The number of hydrogen-bond donors (Lipinski definition) is 1. The molecule has 0 spiro atoms. The van der Waals surface area contributed by atoms with Gasteiger partial charge >= 0.3 is 12.0 Å². The molecule has 2 N–H and O–H groups in total. The lowest BCUT2D eigenvalue weighted by Crippen LogP contribution is -2.22. The number of carbonyl (C=O) groups is 1. The minimum atomic E-state index is -5.34. The molecule has 1 aromatic heterocycles. The number of carbonyl (C=O) groups excluding carboxylic acids is 1. The summed E-state index contributed by atoms with van der Waals surface area (Å²) in [5.41, 5.74) is 0.203. The van der Waals surface area contributed by atoms with Gasteiger partial charge in [-0.1, -0.05) is 0 Å². The maximum absolute atomic E-state index is 12.5. The van der Waals surface area contributed by atoms with Crippen LogP contribution in [0.1, 0.15) is 22.5 Å². The van der Waals surface area contributed by atoms with Crippen LogP contribution < -0.4 is 10.5 Å². The van der Waals surface area contributed by atoms with Crippen molar-refractivity contribution in [1.29, 1.82) is 0 Å². The number of amides is 1. The van der Waals surface area contributed by atoms with Crippen LogP contribution in [0.5, 0.6) is 5.75 Å². The third kappa shape index (κ3) is 3.27. The second-order valence-electron chi connectivity index (χ2n) is 3.20. The van der Waals surface area contributed by atoms with Gasteiger partial charge in [0.2, 0.25) is 5.75 Å². The minimum absolute atomic E-state index is 0.0690. The van der Waals surface area contributed by atoms with Crippen LogP contribution in [0, 0.1) is 10.1 Å². The first-order chi connectivity index (χ1) is 9.04. The van der Waals surface area contributed by atoms with Gasteiger partial charge in [-0.25, -0.2) is 8.78 Å². The van der Waals surface area contributed by atoms with Crippen molar-refractivity contribution in [2.45, 2.75) is 12.8 Å². The summed E-state index contributed by atoms with van der Waals surface area (Å²) < 4.78 is 64.5. The van der Waals surface area contributed by atoms with Gasteiger partial charge in [-0.2, -0.15) is 0 Å². The summed E-state index contributed by atoms with van der Waals surface area (Å²) in [6.45, 7) is 0. The zero-order chi connectivity index (χ0) is 15.7. The molecule has 0 aromatic carbocycles. The van der Waals surface area contributed by atoms with Crippen LogP contribution in [0.3, 0.4) is 0 Å². The molecule has 0 fully saturated rings. The maximum Gasteiger partial charge on any atom is 0.573 e. The number of aromatic nitrogens is 1. The highest BCUT2D eigenvalue weighted by Crippen LogP contribution is 2.37. The lowest BCUT2D eigenvalue weighted by molar-refractivity contribution is -0.389. The smallest absolute Gasteiger partial charge is 0.397 e. The Labute approximate surface area is 106 Å². The molecule has 0 aliphatic carbocycles. The fraction of sp³-hybridized carbons (Fsp3) is 0.250. The van der Waals surface area contributed by atoms with Crippen LogP contribution in [0.2, 0.25) is 0 Å². The second kappa shape index (κ2) is 5.22. The van der Waals surface area contributed by atoms with Crippen molar-refractivity contribution in [3.63, 3.8) is 0 Å². The third-order valence-corrected chi connectivity index (χ3v) is 1.91. The molecular weight excluding hydrogens is 297 g/mol. The van der Waals surface area contributed by atoms with E-state index in [0.717, 1.165) is 0 Å². The number of nitrogens with zero attached hydrogens (tertiary/aromatic N) is 2. The van der Waals surface area contributed by atoms with E-state index in [1.807, 2.05) is 0 Å². The van der Waals surface area contributed by atoms with Crippen LogP contribution in [-0.4, -0.2) is 22.2 Å². The number of pyridine rings is 1. The number of primary amides is 1. The first-order valence-electron chi connectivity index (χ1n) is 4.55. The molecular formula is C8H4F5N3O4. The van der Waals surface area contributed by atoms with Crippen LogP contribution in [0.4, 0.5) is 27.6 Å². The molecule has 12 heteroatoms. The van der Waals surface area contributed by atoms with E-state index in [2.05, 4.69) is 15.5 Å². The lowest BCUT2D eigenvalue weighted by Gasteiger charge is -2.12. The molecule has 1 amide bonds. The van der Waals surface area contributed by atoms with Gasteiger partial charge < -0.3 is 10.5 Å². The van der Waals surface area contributed by atoms with E-state index in [1.54, 1.807) is 0 Å². The average molecular weight is 301 g/mol. The topological polar surface area (TPSA) is 108 Å². The standard InChI is InChI=1S/C8H4F5N3O4/c9-6(10)4-3(7(14)17)5(16(18)19)2(1-15-4)20-8(11,12)13/h1,6H,(H2,14,17). The Morgan fingerprint density at radius 2 is 2.00 bits per heavy atom. The fourth-order valence-electron chi connectivity index (χ4n) is 1.29. The monoisotopic (exact) mass is 301 g/mol. The van der Waals surface area contributed by atoms with Crippen LogP contribution in [0.15, 0.2) is 6.20 Å². The summed E-state index contributed by atoms with van der Waals surface area (Å²) in [4.78, 5) is 23.0. The van der Waals surface area contributed by atoms with Crippen molar-refractivity contribution in [2.75, 3.05) is 0 Å². The van der Waals surface area contributed by atoms with E-state index in [0.29, 0.717) is 0 Å². The quantitative estimate of drug-likeness (QED) is 0.519. The molecule has 0 aliphatic heterocycles.